The summed E-state index contributed by atoms with van der Waals surface area (Å²) in [6, 6.07) is 8.76. The standard InChI is InChI=1S/C18H19NO3S/c1-11-3-8-16-13(9-11)10-17(23-16)18(21)22-15-6-4-14(5-7-15)19-12(2)20/h4-7,10-11H,3,8-9H2,1-2H3,(H,19,20). The van der Waals surface area contributed by atoms with Crippen LogP contribution in [-0.4, -0.2) is 11.9 Å². The minimum Gasteiger partial charge on any atom is -0.422 e. The summed E-state index contributed by atoms with van der Waals surface area (Å²) >= 11 is 1.54. The molecule has 0 aliphatic heterocycles. The summed E-state index contributed by atoms with van der Waals surface area (Å²) in [5.41, 5.74) is 1.97. The van der Waals surface area contributed by atoms with Gasteiger partial charge >= 0.3 is 5.97 Å². The van der Waals surface area contributed by atoms with Crippen LogP contribution in [0.3, 0.4) is 0 Å². The van der Waals surface area contributed by atoms with E-state index in [1.807, 2.05) is 6.07 Å². The lowest BCUT2D eigenvalue weighted by Crippen LogP contribution is -2.08. The first-order valence-electron chi connectivity index (χ1n) is 7.72. The molecule has 1 aliphatic carbocycles. The summed E-state index contributed by atoms with van der Waals surface area (Å²) in [6.45, 7) is 3.70. The Kier molecular flexibility index (Phi) is 4.48. The Balaban J connectivity index is 1.68. The molecule has 5 heteroatoms. The quantitative estimate of drug-likeness (QED) is 0.683. The Morgan fingerprint density at radius 1 is 1.26 bits per heavy atom. The number of fused-ring (bicyclic) bond motifs is 1. The first-order valence-corrected chi connectivity index (χ1v) is 8.54. The number of carbonyl (C=O) groups is 2. The van der Waals surface area contributed by atoms with Crippen LogP contribution in [0.2, 0.25) is 0 Å². The molecule has 4 nitrogen and oxygen atoms in total. The second kappa shape index (κ2) is 6.54. The van der Waals surface area contributed by atoms with Crippen LogP contribution >= 0.6 is 11.3 Å². The molecule has 1 atom stereocenters. The molecule has 1 unspecified atom stereocenters. The molecule has 120 valence electrons. The number of amides is 1. The Bertz CT molecular complexity index is 733. The second-order valence-electron chi connectivity index (χ2n) is 6.00. The number of aryl methyl sites for hydroxylation is 1. The lowest BCUT2D eigenvalue weighted by molar-refractivity contribution is -0.114. The maximum absolute atomic E-state index is 12.3. The van der Waals surface area contributed by atoms with Gasteiger partial charge in [-0.3, -0.25) is 4.79 Å². The highest BCUT2D eigenvalue weighted by Crippen LogP contribution is 2.32. The van der Waals surface area contributed by atoms with Gasteiger partial charge in [0.25, 0.3) is 0 Å². The molecular weight excluding hydrogens is 310 g/mol. The average Bonchev–Trinajstić information content (AvgIpc) is 2.92. The predicted octanol–water partition coefficient (Wildman–Crippen LogP) is 4.05. The molecule has 1 aliphatic rings. The molecule has 0 spiro atoms. The monoisotopic (exact) mass is 329 g/mol. The summed E-state index contributed by atoms with van der Waals surface area (Å²) in [4.78, 5) is 25.3. The molecule has 3 rings (SSSR count). The Morgan fingerprint density at radius 2 is 2.00 bits per heavy atom. The van der Waals surface area contributed by atoms with Gasteiger partial charge in [-0.05, 0) is 61.1 Å². The van der Waals surface area contributed by atoms with Crippen molar-refractivity contribution in [2.75, 3.05) is 5.32 Å². The summed E-state index contributed by atoms with van der Waals surface area (Å²) in [7, 11) is 0. The first-order chi connectivity index (χ1) is 11.0. The molecule has 0 bridgehead atoms. The van der Waals surface area contributed by atoms with Crippen LogP contribution in [0.4, 0.5) is 5.69 Å². The maximum atomic E-state index is 12.3. The smallest absolute Gasteiger partial charge is 0.353 e. The fourth-order valence-corrected chi connectivity index (χ4v) is 3.86. The topological polar surface area (TPSA) is 55.4 Å². The van der Waals surface area contributed by atoms with Crippen LogP contribution < -0.4 is 10.1 Å². The molecular formula is C18H19NO3S. The van der Waals surface area contributed by atoms with Gasteiger partial charge < -0.3 is 10.1 Å². The highest BCUT2D eigenvalue weighted by atomic mass is 32.1. The highest BCUT2D eigenvalue weighted by molar-refractivity contribution is 7.14. The van der Waals surface area contributed by atoms with Gasteiger partial charge in [-0.2, -0.15) is 0 Å². The van der Waals surface area contributed by atoms with Crippen molar-refractivity contribution in [2.45, 2.75) is 33.1 Å². The van der Waals surface area contributed by atoms with E-state index in [9.17, 15) is 9.59 Å². The van der Waals surface area contributed by atoms with E-state index in [0.29, 0.717) is 22.2 Å². The SMILES string of the molecule is CC(=O)Nc1ccc(OC(=O)c2cc3c(s2)CCC(C)C3)cc1. The van der Waals surface area contributed by atoms with Crippen molar-refractivity contribution >= 4 is 28.9 Å². The minimum absolute atomic E-state index is 0.131. The molecule has 1 heterocycles. The van der Waals surface area contributed by atoms with E-state index >= 15 is 0 Å². The van der Waals surface area contributed by atoms with E-state index < -0.39 is 0 Å². The molecule has 0 saturated heterocycles. The molecule has 0 fully saturated rings. The number of hydrogen-bond acceptors (Lipinski definition) is 4. The van der Waals surface area contributed by atoms with Crippen LogP contribution in [-0.2, 0) is 17.6 Å². The highest BCUT2D eigenvalue weighted by Gasteiger charge is 2.21. The number of hydrogen-bond donors (Lipinski definition) is 1. The van der Waals surface area contributed by atoms with Crippen molar-refractivity contribution in [3.05, 3.63) is 45.6 Å². The van der Waals surface area contributed by atoms with Gasteiger partial charge in [-0.1, -0.05) is 6.92 Å². The number of rotatable bonds is 3. The molecule has 1 amide bonds. The number of esters is 1. The number of carbonyl (C=O) groups excluding carboxylic acids is 2. The molecule has 1 aromatic carbocycles. The zero-order chi connectivity index (χ0) is 16.4. The maximum Gasteiger partial charge on any atom is 0.353 e. The van der Waals surface area contributed by atoms with Crippen molar-refractivity contribution in [1.82, 2.24) is 0 Å². The van der Waals surface area contributed by atoms with Crippen molar-refractivity contribution in [3.63, 3.8) is 0 Å². The van der Waals surface area contributed by atoms with E-state index in [4.69, 9.17) is 4.74 Å². The van der Waals surface area contributed by atoms with Gasteiger partial charge in [0.15, 0.2) is 0 Å². The number of anilines is 1. The number of nitrogens with one attached hydrogen (secondary N) is 1. The van der Waals surface area contributed by atoms with E-state index in [1.165, 1.54) is 23.8 Å². The fraction of sp³-hybridized carbons (Fsp3) is 0.333. The lowest BCUT2D eigenvalue weighted by atomic mass is 9.90. The van der Waals surface area contributed by atoms with E-state index in [0.717, 1.165) is 12.8 Å². The van der Waals surface area contributed by atoms with Gasteiger partial charge in [0.05, 0.1) is 0 Å². The number of ether oxygens (including phenoxy) is 1. The minimum atomic E-state index is -0.315. The van der Waals surface area contributed by atoms with Gasteiger partial charge in [-0.15, -0.1) is 11.3 Å². The molecule has 23 heavy (non-hydrogen) atoms. The largest absolute Gasteiger partial charge is 0.422 e. The number of thiophene rings is 1. The van der Waals surface area contributed by atoms with E-state index in [-0.39, 0.29) is 11.9 Å². The molecule has 0 radical (unpaired) electrons. The fourth-order valence-electron chi connectivity index (χ4n) is 2.77. The third-order valence-electron chi connectivity index (χ3n) is 3.92. The van der Waals surface area contributed by atoms with E-state index in [1.54, 1.807) is 35.6 Å². The Hall–Kier alpha value is -2.14. The Morgan fingerprint density at radius 3 is 2.70 bits per heavy atom. The zero-order valence-corrected chi connectivity index (χ0v) is 14.0. The van der Waals surface area contributed by atoms with Crippen LogP contribution in [0, 0.1) is 5.92 Å². The molecule has 0 saturated carbocycles. The number of benzene rings is 1. The van der Waals surface area contributed by atoms with Gasteiger partial charge in [0.1, 0.15) is 10.6 Å². The first kappa shape index (κ1) is 15.7. The lowest BCUT2D eigenvalue weighted by Gasteiger charge is -2.16. The third kappa shape index (κ3) is 3.79. The van der Waals surface area contributed by atoms with E-state index in [2.05, 4.69) is 12.2 Å². The second-order valence-corrected chi connectivity index (χ2v) is 7.14. The summed E-state index contributed by atoms with van der Waals surface area (Å²) < 4.78 is 5.42. The average molecular weight is 329 g/mol. The molecule has 1 N–H and O–H groups in total. The molecule has 2 aromatic rings. The summed E-state index contributed by atoms with van der Waals surface area (Å²) in [6.07, 6.45) is 3.29. The van der Waals surface area contributed by atoms with Crippen LogP contribution in [0.25, 0.3) is 0 Å². The van der Waals surface area contributed by atoms with Crippen molar-refractivity contribution < 1.29 is 14.3 Å². The van der Waals surface area contributed by atoms with Gasteiger partial charge in [0, 0.05) is 17.5 Å². The van der Waals surface area contributed by atoms with Gasteiger partial charge in [0.2, 0.25) is 5.91 Å². The summed E-state index contributed by atoms with van der Waals surface area (Å²) in [5, 5.41) is 2.68. The van der Waals surface area contributed by atoms with Crippen molar-refractivity contribution in [3.8, 4) is 5.75 Å². The third-order valence-corrected chi connectivity index (χ3v) is 5.13. The Labute approximate surface area is 139 Å². The van der Waals surface area contributed by atoms with Gasteiger partial charge in [-0.25, -0.2) is 4.79 Å². The van der Waals surface area contributed by atoms with Crippen molar-refractivity contribution in [1.29, 1.82) is 0 Å². The zero-order valence-electron chi connectivity index (χ0n) is 13.2. The molecule has 1 aromatic heterocycles. The predicted molar refractivity (Wildman–Crippen MR) is 91.2 cm³/mol. The van der Waals surface area contributed by atoms with Crippen LogP contribution in [0.5, 0.6) is 5.75 Å². The normalized spacial score (nSPS) is 16.5. The van der Waals surface area contributed by atoms with Crippen LogP contribution in [0.1, 0.15) is 40.4 Å². The summed E-state index contributed by atoms with van der Waals surface area (Å²) in [5.74, 6) is 0.712. The van der Waals surface area contributed by atoms with Crippen molar-refractivity contribution in [2.24, 2.45) is 5.92 Å². The van der Waals surface area contributed by atoms with Crippen LogP contribution in [0.15, 0.2) is 30.3 Å².